The Bertz CT molecular complexity index is 713. The minimum absolute atomic E-state index is 0.299. The Morgan fingerprint density at radius 3 is 2.96 bits per heavy atom. The SMILES string of the molecule is COC1OCCN(C(=O)NNc2ncc3ccccc3n2)C1OC. The average molecular weight is 333 g/mol. The molecular weight excluding hydrogens is 314 g/mol. The molecule has 1 aromatic carbocycles. The van der Waals surface area contributed by atoms with Gasteiger partial charge in [0.1, 0.15) is 0 Å². The maximum Gasteiger partial charge on any atom is 0.338 e. The molecule has 1 fully saturated rings. The van der Waals surface area contributed by atoms with Crippen molar-refractivity contribution in [2.75, 3.05) is 32.8 Å². The van der Waals surface area contributed by atoms with E-state index in [-0.39, 0.29) is 6.03 Å². The number of hydrogen-bond acceptors (Lipinski definition) is 7. The molecule has 24 heavy (non-hydrogen) atoms. The van der Waals surface area contributed by atoms with Crippen molar-refractivity contribution in [3.05, 3.63) is 30.5 Å². The van der Waals surface area contributed by atoms with E-state index in [4.69, 9.17) is 14.2 Å². The molecule has 9 nitrogen and oxygen atoms in total. The largest absolute Gasteiger partial charge is 0.356 e. The number of amides is 2. The summed E-state index contributed by atoms with van der Waals surface area (Å²) in [6.45, 7) is 0.739. The highest BCUT2D eigenvalue weighted by Gasteiger charge is 2.35. The van der Waals surface area contributed by atoms with E-state index in [0.717, 1.165) is 10.9 Å². The Morgan fingerprint density at radius 1 is 1.33 bits per heavy atom. The molecule has 0 bridgehead atoms. The van der Waals surface area contributed by atoms with Gasteiger partial charge in [0, 0.05) is 32.3 Å². The number of ether oxygens (including phenoxy) is 3. The van der Waals surface area contributed by atoms with Gasteiger partial charge in [0.15, 0.2) is 6.23 Å². The Kier molecular flexibility index (Phi) is 5.04. The maximum atomic E-state index is 12.4. The van der Waals surface area contributed by atoms with Gasteiger partial charge in [0.2, 0.25) is 12.2 Å². The van der Waals surface area contributed by atoms with Crippen LogP contribution in [0.4, 0.5) is 10.7 Å². The van der Waals surface area contributed by atoms with Crippen molar-refractivity contribution in [2.24, 2.45) is 0 Å². The molecule has 9 heteroatoms. The highest BCUT2D eigenvalue weighted by Crippen LogP contribution is 2.16. The van der Waals surface area contributed by atoms with Crippen LogP contribution in [0.1, 0.15) is 0 Å². The summed E-state index contributed by atoms with van der Waals surface area (Å²) in [5.41, 5.74) is 6.06. The van der Waals surface area contributed by atoms with Crippen molar-refractivity contribution in [3.63, 3.8) is 0 Å². The Labute approximate surface area is 138 Å². The molecule has 1 aromatic heterocycles. The first-order valence-corrected chi connectivity index (χ1v) is 7.44. The molecule has 0 aliphatic carbocycles. The summed E-state index contributed by atoms with van der Waals surface area (Å²) >= 11 is 0. The van der Waals surface area contributed by atoms with E-state index in [1.165, 1.54) is 19.1 Å². The lowest BCUT2D eigenvalue weighted by atomic mass is 10.2. The number of anilines is 1. The molecule has 1 aliphatic heterocycles. The first-order valence-electron chi connectivity index (χ1n) is 7.44. The summed E-state index contributed by atoms with van der Waals surface area (Å²) in [5.74, 6) is 0.299. The van der Waals surface area contributed by atoms with E-state index in [2.05, 4.69) is 20.8 Å². The van der Waals surface area contributed by atoms with Crippen molar-refractivity contribution in [1.29, 1.82) is 0 Å². The Balaban J connectivity index is 1.65. The molecule has 2 unspecified atom stereocenters. The van der Waals surface area contributed by atoms with Crippen LogP contribution in [-0.2, 0) is 14.2 Å². The van der Waals surface area contributed by atoms with Gasteiger partial charge in [-0.2, -0.15) is 0 Å². The van der Waals surface area contributed by atoms with E-state index in [0.29, 0.717) is 19.1 Å². The van der Waals surface area contributed by atoms with Crippen LogP contribution < -0.4 is 10.9 Å². The fourth-order valence-electron chi connectivity index (χ4n) is 2.48. The monoisotopic (exact) mass is 333 g/mol. The zero-order valence-electron chi connectivity index (χ0n) is 13.4. The number of hydrazine groups is 1. The molecule has 0 spiro atoms. The number of rotatable bonds is 4. The van der Waals surface area contributed by atoms with Gasteiger partial charge in [-0.1, -0.05) is 18.2 Å². The highest BCUT2D eigenvalue weighted by molar-refractivity contribution is 5.79. The summed E-state index contributed by atoms with van der Waals surface area (Å²) < 4.78 is 15.9. The van der Waals surface area contributed by atoms with Crippen LogP contribution in [0.2, 0.25) is 0 Å². The van der Waals surface area contributed by atoms with E-state index in [1.807, 2.05) is 24.3 Å². The fraction of sp³-hybridized carbons (Fsp3) is 0.400. The normalized spacial score (nSPS) is 20.8. The predicted molar refractivity (Wildman–Crippen MR) is 85.9 cm³/mol. The van der Waals surface area contributed by atoms with E-state index in [1.54, 1.807) is 6.20 Å². The lowest BCUT2D eigenvalue weighted by molar-refractivity contribution is -0.247. The van der Waals surface area contributed by atoms with Crippen molar-refractivity contribution in [3.8, 4) is 0 Å². The third kappa shape index (κ3) is 3.37. The zero-order valence-corrected chi connectivity index (χ0v) is 13.4. The topological polar surface area (TPSA) is 97.8 Å². The van der Waals surface area contributed by atoms with Gasteiger partial charge in [0.05, 0.1) is 12.1 Å². The molecule has 0 radical (unpaired) electrons. The number of nitrogens with one attached hydrogen (secondary N) is 2. The number of carbonyl (C=O) groups excluding carboxylic acids is 1. The van der Waals surface area contributed by atoms with Crippen LogP contribution in [0.3, 0.4) is 0 Å². The second-order valence-electron chi connectivity index (χ2n) is 5.10. The van der Waals surface area contributed by atoms with Gasteiger partial charge in [-0.3, -0.25) is 10.3 Å². The quantitative estimate of drug-likeness (QED) is 0.804. The lowest BCUT2D eigenvalue weighted by Gasteiger charge is -2.38. The number of nitrogens with zero attached hydrogens (tertiary/aromatic N) is 3. The Hall–Kier alpha value is -2.49. The molecule has 2 aromatic rings. The summed E-state index contributed by atoms with van der Waals surface area (Å²) in [6, 6.07) is 7.20. The number of morpholine rings is 1. The molecule has 3 rings (SSSR count). The number of fused-ring (bicyclic) bond motifs is 1. The number of urea groups is 1. The predicted octanol–water partition coefficient (Wildman–Crippen LogP) is 0.943. The Morgan fingerprint density at radius 2 is 2.17 bits per heavy atom. The minimum Gasteiger partial charge on any atom is -0.356 e. The van der Waals surface area contributed by atoms with E-state index >= 15 is 0 Å². The standard InChI is InChI=1S/C15H19N5O4/c1-22-12-13(23-2)24-8-7-20(12)15(21)19-18-14-16-9-10-5-3-4-6-11(10)17-14/h3-6,9,12-13H,7-8H2,1-2H3,(H,19,21)(H,16,17,18). The number of benzene rings is 1. The second kappa shape index (κ2) is 7.39. The van der Waals surface area contributed by atoms with Crippen LogP contribution >= 0.6 is 0 Å². The number of hydrogen-bond donors (Lipinski definition) is 2. The van der Waals surface area contributed by atoms with Gasteiger partial charge in [0.25, 0.3) is 0 Å². The van der Waals surface area contributed by atoms with Crippen LogP contribution in [0.15, 0.2) is 30.5 Å². The molecule has 2 N–H and O–H groups in total. The van der Waals surface area contributed by atoms with E-state index < -0.39 is 12.5 Å². The van der Waals surface area contributed by atoms with Gasteiger partial charge in [-0.05, 0) is 6.07 Å². The first-order chi connectivity index (χ1) is 11.7. The average Bonchev–Trinajstić information content (AvgIpc) is 2.65. The number of methoxy groups -OCH3 is 2. The molecule has 0 saturated carbocycles. The lowest BCUT2D eigenvalue weighted by Crippen LogP contribution is -2.58. The molecular formula is C15H19N5O4. The maximum absolute atomic E-state index is 12.4. The number of carbonyl (C=O) groups is 1. The van der Waals surface area contributed by atoms with Crippen LogP contribution in [0.5, 0.6) is 0 Å². The van der Waals surface area contributed by atoms with Gasteiger partial charge >= 0.3 is 6.03 Å². The van der Waals surface area contributed by atoms with Crippen LogP contribution in [-0.4, -0.2) is 60.8 Å². The van der Waals surface area contributed by atoms with Crippen molar-refractivity contribution >= 4 is 22.9 Å². The molecule has 1 saturated heterocycles. The molecule has 2 amide bonds. The summed E-state index contributed by atoms with van der Waals surface area (Å²) in [4.78, 5) is 22.3. The zero-order chi connectivity index (χ0) is 16.9. The van der Waals surface area contributed by atoms with Crippen molar-refractivity contribution in [2.45, 2.75) is 12.5 Å². The second-order valence-corrected chi connectivity index (χ2v) is 5.10. The molecule has 2 heterocycles. The van der Waals surface area contributed by atoms with Gasteiger partial charge in [-0.15, -0.1) is 0 Å². The van der Waals surface area contributed by atoms with Crippen molar-refractivity contribution in [1.82, 2.24) is 20.3 Å². The number of para-hydroxylation sites is 1. The van der Waals surface area contributed by atoms with Crippen LogP contribution in [0.25, 0.3) is 10.9 Å². The smallest absolute Gasteiger partial charge is 0.338 e. The minimum atomic E-state index is -0.636. The third-order valence-electron chi connectivity index (χ3n) is 3.66. The first kappa shape index (κ1) is 16.4. The van der Waals surface area contributed by atoms with Crippen molar-refractivity contribution < 1.29 is 19.0 Å². The number of aromatic nitrogens is 2. The summed E-state index contributed by atoms with van der Waals surface area (Å²) in [7, 11) is 2.99. The summed E-state index contributed by atoms with van der Waals surface area (Å²) in [5, 5.41) is 0.921. The molecule has 1 aliphatic rings. The molecule has 128 valence electrons. The van der Waals surface area contributed by atoms with E-state index in [9.17, 15) is 4.79 Å². The van der Waals surface area contributed by atoms with Gasteiger partial charge < -0.3 is 14.2 Å². The van der Waals surface area contributed by atoms with Crippen LogP contribution in [0, 0.1) is 0 Å². The highest BCUT2D eigenvalue weighted by atomic mass is 16.7. The summed E-state index contributed by atoms with van der Waals surface area (Å²) in [6.07, 6.45) is 0.416. The molecule has 2 atom stereocenters. The third-order valence-corrected chi connectivity index (χ3v) is 3.66. The van der Waals surface area contributed by atoms with Gasteiger partial charge in [-0.25, -0.2) is 20.2 Å². The fourth-order valence-corrected chi connectivity index (χ4v) is 2.48.